The van der Waals surface area contributed by atoms with Gasteiger partial charge >= 0.3 is 0 Å². The van der Waals surface area contributed by atoms with E-state index in [1.165, 1.54) is 0 Å². The number of benzene rings is 1. The van der Waals surface area contributed by atoms with E-state index in [2.05, 4.69) is 10.3 Å². The number of nitrogens with zero attached hydrogens (tertiary/aromatic N) is 1. The van der Waals surface area contributed by atoms with Crippen molar-refractivity contribution in [1.82, 2.24) is 4.98 Å². The highest BCUT2D eigenvalue weighted by Gasteiger charge is 2.16. The molecule has 2 rings (SSSR count). The van der Waals surface area contributed by atoms with Crippen molar-refractivity contribution in [1.29, 1.82) is 0 Å². The van der Waals surface area contributed by atoms with Crippen molar-refractivity contribution < 1.29 is 9.21 Å². The van der Waals surface area contributed by atoms with Crippen LogP contribution in [-0.2, 0) is 0 Å². The molecule has 0 aliphatic heterocycles. The van der Waals surface area contributed by atoms with Gasteiger partial charge in [-0.15, -0.1) is 0 Å². The molecule has 0 atom stereocenters. The van der Waals surface area contributed by atoms with Crippen LogP contribution < -0.4 is 11.1 Å². The molecule has 3 N–H and O–H groups in total. The molecule has 0 unspecified atom stereocenters. The zero-order valence-corrected chi connectivity index (χ0v) is 10.7. The average Bonchev–Trinajstić information content (AvgIpc) is 2.63. The van der Waals surface area contributed by atoms with Gasteiger partial charge in [-0.1, -0.05) is 11.6 Å². The van der Waals surface area contributed by atoms with Gasteiger partial charge in [0, 0.05) is 11.9 Å². The van der Waals surface area contributed by atoms with Crippen molar-refractivity contribution in [2.45, 2.75) is 13.8 Å². The second-order valence-corrected chi connectivity index (χ2v) is 4.27. The largest absolute Gasteiger partial charge is 0.436 e. The highest BCUT2D eigenvalue weighted by Crippen LogP contribution is 2.24. The third kappa shape index (κ3) is 2.46. The zero-order chi connectivity index (χ0) is 13.3. The van der Waals surface area contributed by atoms with Gasteiger partial charge in [-0.25, -0.2) is 4.98 Å². The van der Waals surface area contributed by atoms with Crippen LogP contribution in [0.4, 0.5) is 11.4 Å². The number of nitrogens with one attached hydrogen (secondary N) is 1. The monoisotopic (exact) mass is 265 g/mol. The SMILES string of the molecule is Cc1nc(C)c(C(=O)Nc2cc(Cl)ccc2N)o1. The number of carbonyl (C=O) groups excluding carboxylic acids is 1. The second-order valence-electron chi connectivity index (χ2n) is 3.83. The van der Waals surface area contributed by atoms with Crippen molar-refractivity contribution in [2.24, 2.45) is 0 Å². The van der Waals surface area contributed by atoms with E-state index in [0.717, 1.165) is 0 Å². The predicted octanol–water partition coefficient (Wildman–Crippen LogP) is 2.78. The van der Waals surface area contributed by atoms with Gasteiger partial charge in [0.1, 0.15) is 0 Å². The number of rotatable bonds is 2. The highest BCUT2D eigenvalue weighted by atomic mass is 35.5. The Morgan fingerprint density at radius 2 is 2.17 bits per heavy atom. The van der Waals surface area contributed by atoms with Crippen molar-refractivity contribution in [3.05, 3.63) is 40.6 Å². The Labute approximate surface area is 109 Å². The molecule has 0 spiro atoms. The maximum Gasteiger partial charge on any atom is 0.293 e. The van der Waals surface area contributed by atoms with Crippen LogP contribution in [0.25, 0.3) is 0 Å². The lowest BCUT2D eigenvalue weighted by atomic mass is 10.2. The van der Waals surface area contributed by atoms with Crippen LogP contribution in [0.1, 0.15) is 22.1 Å². The molecule has 94 valence electrons. The minimum atomic E-state index is -0.401. The van der Waals surface area contributed by atoms with Crippen LogP contribution >= 0.6 is 11.6 Å². The van der Waals surface area contributed by atoms with E-state index in [4.69, 9.17) is 21.8 Å². The molecule has 0 bridgehead atoms. The lowest BCUT2D eigenvalue weighted by Crippen LogP contribution is -2.13. The fraction of sp³-hybridized carbons (Fsp3) is 0.167. The molecule has 1 aromatic heterocycles. The standard InChI is InChI=1S/C12H12ClN3O2/c1-6-11(18-7(2)15-6)12(17)16-10-5-8(13)3-4-9(10)14/h3-5H,14H2,1-2H3,(H,16,17). The summed E-state index contributed by atoms with van der Waals surface area (Å²) in [7, 11) is 0. The summed E-state index contributed by atoms with van der Waals surface area (Å²) < 4.78 is 5.22. The number of amides is 1. The Balaban J connectivity index is 2.26. The van der Waals surface area contributed by atoms with Gasteiger partial charge in [0.15, 0.2) is 5.89 Å². The minimum Gasteiger partial charge on any atom is -0.436 e. The second kappa shape index (κ2) is 4.70. The summed E-state index contributed by atoms with van der Waals surface area (Å²) in [5.74, 6) is 0.214. The summed E-state index contributed by atoms with van der Waals surface area (Å²) in [6, 6.07) is 4.85. The number of aryl methyl sites for hydroxylation is 2. The lowest BCUT2D eigenvalue weighted by Gasteiger charge is -2.07. The van der Waals surface area contributed by atoms with Crippen molar-refractivity contribution in [3.8, 4) is 0 Å². The fourth-order valence-electron chi connectivity index (χ4n) is 1.56. The lowest BCUT2D eigenvalue weighted by molar-refractivity contribution is 0.0994. The number of hydrogen-bond acceptors (Lipinski definition) is 4. The molecule has 0 aliphatic rings. The number of nitrogens with two attached hydrogens (primary N) is 1. The smallest absolute Gasteiger partial charge is 0.293 e. The Bertz CT molecular complexity index is 607. The Kier molecular flexibility index (Phi) is 3.25. The van der Waals surface area contributed by atoms with E-state index in [1.54, 1.807) is 32.0 Å². The van der Waals surface area contributed by atoms with E-state index in [1.807, 2.05) is 0 Å². The van der Waals surface area contributed by atoms with E-state index < -0.39 is 5.91 Å². The first kappa shape index (κ1) is 12.4. The highest BCUT2D eigenvalue weighted by molar-refractivity contribution is 6.31. The first-order valence-electron chi connectivity index (χ1n) is 5.28. The molecule has 18 heavy (non-hydrogen) atoms. The number of carbonyl (C=O) groups is 1. The molecule has 6 heteroatoms. The van der Waals surface area contributed by atoms with Gasteiger partial charge in [0.2, 0.25) is 5.76 Å². The zero-order valence-electron chi connectivity index (χ0n) is 9.95. The molecule has 1 amide bonds. The summed E-state index contributed by atoms with van der Waals surface area (Å²) >= 11 is 5.84. The number of halogens is 1. The maximum absolute atomic E-state index is 12.0. The predicted molar refractivity (Wildman–Crippen MR) is 69.8 cm³/mol. The van der Waals surface area contributed by atoms with E-state index in [0.29, 0.717) is 28.0 Å². The average molecular weight is 266 g/mol. The fourth-order valence-corrected chi connectivity index (χ4v) is 1.73. The van der Waals surface area contributed by atoms with Gasteiger partial charge in [0.05, 0.1) is 17.1 Å². The third-order valence-electron chi connectivity index (χ3n) is 2.37. The van der Waals surface area contributed by atoms with E-state index in [-0.39, 0.29) is 5.76 Å². The summed E-state index contributed by atoms with van der Waals surface area (Å²) in [5.41, 5.74) is 7.15. The molecule has 0 aliphatic carbocycles. The summed E-state index contributed by atoms with van der Waals surface area (Å²) in [4.78, 5) is 16.0. The number of oxazole rings is 1. The molecule has 0 saturated carbocycles. The van der Waals surface area contributed by atoms with E-state index >= 15 is 0 Å². The Morgan fingerprint density at radius 3 is 2.78 bits per heavy atom. The summed E-state index contributed by atoms with van der Waals surface area (Å²) in [6.45, 7) is 3.38. The minimum absolute atomic E-state index is 0.173. The summed E-state index contributed by atoms with van der Waals surface area (Å²) in [5, 5.41) is 3.13. The first-order valence-corrected chi connectivity index (χ1v) is 5.65. The topological polar surface area (TPSA) is 81.2 Å². The molecule has 1 heterocycles. The molecular formula is C12H12ClN3O2. The normalized spacial score (nSPS) is 10.4. The van der Waals surface area contributed by atoms with Crippen molar-refractivity contribution in [2.75, 3.05) is 11.1 Å². The molecule has 2 aromatic rings. The third-order valence-corrected chi connectivity index (χ3v) is 2.61. The van der Waals surface area contributed by atoms with Gasteiger partial charge in [0.25, 0.3) is 5.91 Å². The van der Waals surface area contributed by atoms with Crippen LogP contribution in [0.5, 0.6) is 0 Å². The molecule has 0 radical (unpaired) electrons. The number of nitrogen functional groups attached to an aromatic ring is 1. The van der Waals surface area contributed by atoms with Crippen molar-refractivity contribution in [3.63, 3.8) is 0 Å². The van der Waals surface area contributed by atoms with Gasteiger partial charge in [-0.3, -0.25) is 4.79 Å². The molecule has 0 fully saturated rings. The Hall–Kier alpha value is -2.01. The summed E-state index contributed by atoms with van der Waals surface area (Å²) in [6.07, 6.45) is 0. The van der Waals surface area contributed by atoms with Crippen LogP contribution in [-0.4, -0.2) is 10.9 Å². The number of hydrogen-bond donors (Lipinski definition) is 2. The quantitative estimate of drug-likeness (QED) is 0.818. The first-order chi connectivity index (χ1) is 8.47. The van der Waals surface area contributed by atoms with Crippen molar-refractivity contribution >= 4 is 28.9 Å². The van der Waals surface area contributed by atoms with Gasteiger partial charge in [-0.2, -0.15) is 0 Å². The molecule has 1 aromatic carbocycles. The Morgan fingerprint density at radius 1 is 1.44 bits per heavy atom. The van der Waals surface area contributed by atoms with Crippen LogP contribution in [0.2, 0.25) is 5.02 Å². The maximum atomic E-state index is 12.0. The van der Waals surface area contributed by atoms with Crippen LogP contribution in [0.15, 0.2) is 22.6 Å². The van der Waals surface area contributed by atoms with Crippen LogP contribution in [0.3, 0.4) is 0 Å². The number of anilines is 2. The molecule has 0 saturated heterocycles. The van der Waals surface area contributed by atoms with Crippen LogP contribution in [0, 0.1) is 13.8 Å². The van der Waals surface area contributed by atoms with E-state index in [9.17, 15) is 4.79 Å². The molecule has 5 nitrogen and oxygen atoms in total. The number of aromatic nitrogens is 1. The molecular weight excluding hydrogens is 254 g/mol. The van der Waals surface area contributed by atoms with Gasteiger partial charge < -0.3 is 15.5 Å². The van der Waals surface area contributed by atoms with Gasteiger partial charge in [-0.05, 0) is 25.1 Å².